The van der Waals surface area contributed by atoms with Crippen LogP contribution < -0.4 is 4.90 Å². The molecule has 0 spiro atoms. The second kappa shape index (κ2) is 5.83. The quantitative estimate of drug-likeness (QED) is 0.905. The third kappa shape index (κ3) is 3.63. The number of carbonyl (C=O) groups is 2. The zero-order valence-corrected chi connectivity index (χ0v) is 14.3. The highest BCUT2D eigenvalue weighted by Crippen LogP contribution is 2.31. The molecule has 1 N–H and O–H groups in total. The van der Waals surface area contributed by atoms with Gasteiger partial charge in [0.2, 0.25) is 0 Å². The van der Waals surface area contributed by atoms with Crippen molar-refractivity contribution in [2.24, 2.45) is 0 Å². The van der Waals surface area contributed by atoms with E-state index in [1.165, 1.54) is 0 Å². The number of carboxylic acids is 1. The molecule has 23 heavy (non-hydrogen) atoms. The van der Waals surface area contributed by atoms with Gasteiger partial charge in [0.05, 0.1) is 17.1 Å². The maximum atomic E-state index is 12.3. The smallest absolute Gasteiger partial charge is 0.414 e. The first-order valence-corrected chi connectivity index (χ1v) is 7.76. The number of hydrogen-bond donors (Lipinski definition) is 1. The fourth-order valence-electron chi connectivity index (χ4n) is 2.41. The Morgan fingerprint density at radius 2 is 1.87 bits per heavy atom. The van der Waals surface area contributed by atoms with Gasteiger partial charge in [0.1, 0.15) is 11.0 Å². The molecule has 2 rings (SSSR count). The second-order valence-electron chi connectivity index (χ2n) is 7.33. The van der Waals surface area contributed by atoms with Gasteiger partial charge in [0.15, 0.2) is 0 Å². The van der Waals surface area contributed by atoms with Crippen LogP contribution in [0.4, 0.5) is 10.5 Å². The average Bonchev–Trinajstić information content (AvgIpc) is 2.43. The molecule has 1 aromatic heterocycles. The number of anilines is 1. The summed E-state index contributed by atoms with van der Waals surface area (Å²) in [7, 11) is 0. The molecule has 0 bridgehead atoms. The van der Waals surface area contributed by atoms with E-state index in [4.69, 9.17) is 4.74 Å². The molecule has 126 valence electrons. The predicted octanol–water partition coefficient (Wildman–Crippen LogP) is 3.13. The highest BCUT2D eigenvalue weighted by atomic mass is 16.6. The Morgan fingerprint density at radius 1 is 1.22 bits per heavy atom. The first-order chi connectivity index (χ1) is 10.5. The van der Waals surface area contributed by atoms with E-state index in [-0.39, 0.29) is 0 Å². The van der Waals surface area contributed by atoms with Gasteiger partial charge in [0.25, 0.3) is 0 Å². The number of hydrogen-bond acceptors (Lipinski definition) is 4. The zero-order valence-electron chi connectivity index (χ0n) is 14.3. The molecule has 0 saturated heterocycles. The van der Waals surface area contributed by atoms with Crippen LogP contribution in [0, 0.1) is 0 Å². The van der Waals surface area contributed by atoms with E-state index < -0.39 is 23.1 Å². The van der Waals surface area contributed by atoms with Crippen molar-refractivity contribution in [1.29, 1.82) is 0 Å². The molecule has 0 radical (unpaired) electrons. The van der Waals surface area contributed by atoms with Crippen molar-refractivity contribution in [1.82, 2.24) is 4.98 Å². The maximum Gasteiger partial charge on any atom is 0.414 e. The van der Waals surface area contributed by atoms with E-state index in [2.05, 4.69) is 4.98 Å². The average molecular weight is 320 g/mol. The number of aryl methyl sites for hydroxylation is 1. The van der Waals surface area contributed by atoms with E-state index in [9.17, 15) is 14.7 Å². The number of rotatable bonds is 2. The standard InChI is InChI=1S/C17H24N2O4/c1-16(2,3)23-15(22)19-10-6-7-11-12(19)8-9-13(18-11)17(4,5)14(20)21/h8-9H,6-7,10H2,1-5H3,(H,20,21). The minimum absolute atomic E-state index is 0.398. The third-order valence-corrected chi connectivity index (χ3v) is 3.83. The monoisotopic (exact) mass is 320 g/mol. The number of aromatic nitrogens is 1. The van der Waals surface area contributed by atoms with E-state index in [0.717, 1.165) is 18.5 Å². The van der Waals surface area contributed by atoms with Crippen molar-refractivity contribution < 1.29 is 19.4 Å². The summed E-state index contributed by atoms with van der Waals surface area (Å²) in [6.07, 6.45) is 1.10. The molecule has 6 heteroatoms. The summed E-state index contributed by atoms with van der Waals surface area (Å²) in [6, 6.07) is 3.45. The molecule has 1 aromatic rings. The first kappa shape index (κ1) is 17.2. The Morgan fingerprint density at radius 3 is 2.43 bits per heavy atom. The number of aliphatic carboxylic acids is 1. The molecule has 1 aliphatic rings. The molecule has 1 aliphatic heterocycles. The van der Waals surface area contributed by atoms with Crippen LogP contribution in [-0.2, 0) is 21.4 Å². The summed E-state index contributed by atoms with van der Waals surface area (Å²) < 4.78 is 5.43. The third-order valence-electron chi connectivity index (χ3n) is 3.83. The lowest BCUT2D eigenvalue weighted by atomic mass is 9.88. The Bertz CT molecular complexity index is 632. The molecule has 0 unspecified atom stereocenters. The van der Waals surface area contributed by atoms with Crippen molar-refractivity contribution in [3.63, 3.8) is 0 Å². The van der Waals surface area contributed by atoms with Crippen molar-refractivity contribution >= 4 is 17.7 Å². The van der Waals surface area contributed by atoms with Crippen LogP contribution in [0.1, 0.15) is 52.4 Å². The highest BCUT2D eigenvalue weighted by Gasteiger charge is 2.33. The predicted molar refractivity (Wildman–Crippen MR) is 86.8 cm³/mol. The van der Waals surface area contributed by atoms with Crippen LogP contribution in [0.2, 0.25) is 0 Å². The van der Waals surface area contributed by atoms with Gasteiger partial charge < -0.3 is 9.84 Å². The molecular formula is C17H24N2O4. The zero-order chi connectivity index (χ0) is 17.4. The molecule has 0 fully saturated rings. The van der Waals surface area contributed by atoms with Crippen molar-refractivity contribution in [2.45, 2.75) is 58.5 Å². The Kier molecular flexibility index (Phi) is 4.37. The second-order valence-corrected chi connectivity index (χ2v) is 7.33. The molecular weight excluding hydrogens is 296 g/mol. The summed E-state index contributed by atoms with van der Waals surface area (Å²) >= 11 is 0. The summed E-state index contributed by atoms with van der Waals surface area (Å²) in [6.45, 7) is 9.30. The lowest BCUT2D eigenvalue weighted by Crippen LogP contribution is -2.40. The largest absolute Gasteiger partial charge is 0.481 e. The Hall–Kier alpha value is -2.11. The number of carboxylic acid groups (broad SMARTS) is 1. The van der Waals surface area contributed by atoms with E-state index >= 15 is 0 Å². The van der Waals surface area contributed by atoms with Gasteiger partial charge >= 0.3 is 12.1 Å². The van der Waals surface area contributed by atoms with Crippen LogP contribution in [-0.4, -0.2) is 34.3 Å². The van der Waals surface area contributed by atoms with Gasteiger partial charge in [-0.15, -0.1) is 0 Å². The van der Waals surface area contributed by atoms with E-state index in [1.807, 2.05) is 20.8 Å². The number of pyridine rings is 1. The first-order valence-electron chi connectivity index (χ1n) is 7.76. The number of nitrogens with zero attached hydrogens (tertiary/aromatic N) is 2. The van der Waals surface area contributed by atoms with Crippen LogP contribution in [0.25, 0.3) is 0 Å². The molecule has 0 atom stereocenters. The van der Waals surface area contributed by atoms with Crippen molar-refractivity contribution in [3.05, 3.63) is 23.5 Å². The van der Waals surface area contributed by atoms with Crippen LogP contribution >= 0.6 is 0 Å². The minimum atomic E-state index is -1.07. The van der Waals surface area contributed by atoms with Gasteiger partial charge in [-0.25, -0.2) is 4.79 Å². The van der Waals surface area contributed by atoms with Gasteiger partial charge in [-0.05, 0) is 59.6 Å². The van der Waals surface area contributed by atoms with Crippen molar-refractivity contribution in [2.75, 3.05) is 11.4 Å². The lowest BCUT2D eigenvalue weighted by molar-refractivity contribution is -0.142. The van der Waals surface area contributed by atoms with Gasteiger partial charge in [-0.3, -0.25) is 14.7 Å². The minimum Gasteiger partial charge on any atom is -0.481 e. The molecule has 0 saturated carbocycles. The number of fused-ring (bicyclic) bond motifs is 1. The fourth-order valence-corrected chi connectivity index (χ4v) is 2.41. The summed E-state index contributed by atoms with van der Waals surface area (Å²) in [4.78, 5) is 29.8. The van der Waals surface area contributed by atoms with Gasteiger partial charge in [0, 0.05) is 6.54 Å². The summed E-state index contributed by atoms with van der Waals surface area (Å²) in [5, 5.41) is 9.34. The molecule has 6 nitrogen and oxygen atoms in total. The number of amides is 1. The summed E-state index contributed by atoms with van der Waals surface area (Å²) in [5.41, 5.74) is 0.315. The SMILES string of the molecule is CC(C)(C)OC(=O)N1CCCc2nc(C(C)(C)C(=O)O)ccc21. The van der Waals surface area contributed by atoms with Gasteiger partial charge in [-0.1, -0.05) is 0 Å². The van der Waals surface area contributed by atoms with E-state index in [1.54, 1.807) is 30.9 Å². The molecule has 2 heterocycles. The normalized spacial score (nSPS) is 15.1. The topological polar surface area (TPSA) is 79.7 Å². The number of carbonyl (C=O) groups excluding carboxylic acids is 1. The molecule has 0 aliphatic carbocycles. The Balaban J connectivity index is 2.34. The summed E-state index contributed by atoms with van der Waals surface area (Å²) in [5.74, 6) is -0.926. The van der Waals surface area contributed by atoms with E-state index in [0.29, 0.717) is 17.9 Å². The van der Waals surface area contributed by atoms with Crippen molar-refractivity contribution in [3.8, 4) is 0 Å². The highest BCUT2D eigenvalue weighted by molar-refractivity contribution is 5.89. The van der Waals surface area contributed by atoms with Crippen LogP contribution in [0.5, 0.6) is 0 Å². The molecule has 1 amide bonds. The lowest BCUT2D eigenvalue weighted by Gasteiger charge is -2.32. The maximum absolute atomic E-state index is 12.3. The Labute approximate surface area is 136 Å². The molecule has 0 aromatic carbocycles. The van der Waals surface area contributed by atoms with Crippen LogP contribution in [0.15, 0.2) is 12.1 Å². The fraction of sp³-hybridized carbons (Fsp3) is 0.588. The van der Waals surface area contributed by atoms with Gasteiger partial charge in [-0.2, -0.15) is 0 Å². The number of ether oxygens (including phenoxy) is 1. The van der Waals surface area contributed by atoms with Crippen LogP contribution in [0.3, 0.4) is 0 Å².